The van der Waals surface area contributed by atoms with Crippen LogP contribution in [0.1, 0.15) is 34.1 Å². The fourth-order valence-electron chi connectivity index (χ4n) is 3.16. The van der Waals surface area contributed by atoms with Crippen LogP contribution in [0, 0.1) is 0 Å². The number of thiophene rings is 1. The van der Waals surface area contributed by atoms with Gasteiger partial charge in [-0.05, 0) is 55.1 Å². The van der Waals surface area contributed by atoms with E-state index in [0.717, 1.165) is 19.4 Å². The van der Waals surface area contributed by atoms with Gasteiger partial charge < -0.3 is 10.2 Å². The van der Waals surface area contributed by atoms with Crippen LogP contribution in [-0.4, -0.2) is 48.8 Å². The van der Waals surface area contributed by atoms with Crippen molar-refractivity contribution < 1.29 is 9.59 Å². The van der Waals surface area contributed by atoms with Crippen LogP contribution in [-0.2, 0) is 4.79 Å². The number of amides is 2. The summed E-state index contributed by atoms with van der Waals surface area (Å²) in [6.07, 6.45) is 2.23. The Morgan fingerprint density at radius 1 is 1.24 bits per heavy atom. The van der Waals surface area contributed by atoms with E-state index in [9.17, 15) is 9.59 Å². The normalized spacial score (nSPS) is 17.4. The zero-order chi connectivity index (χ0) is 17.8. The minimum atomic E-state index is -0.0475. The molecule has 2 amide bonds. The van der Waals surface area contributed by atoms with Gasteiger partial charge in [0, 0.05) is 36.3 Å². The molecule has 0 aliphatic carbocycles. The molecule has 3 rings (SSSR count). The van der Waals surface area contributed by atoms with Gasteiger partial charge in [-0.1, -0.05) is 6.07 Å². The Balaban J connectivity index is 1.58. The summed E-state index contributed by atoms with van der Waals surface area (Å²) in [6.45, 7) is 1.34. The molecule has 6 heteroatoms. The second-order valence-electron chi connectivity index (χ2n) is 6.47. The summed E-state index contributed by atoms with van der Waals surface area (Å²) in [6, 6.07) is 11.6. The molecule has 1 aliphatic rings. The third kappa shape index (κ3) is 4.27. The van der Waals surface area contributed by atoms with Gasteiger partial charge in [0.25, 0.3) is 5.91 Å². The highest BCUT2D eigenvalue weighted by atomic mass is 32.1. The smallest absolute Gasteiger partial charge is 0.253 e. The van der Waals surface area contributed by atoms with Crippen LogP contribution in [0.3, 0.4) is 0 Å². The van der Waals surface area contributed by atoms with Crippen LogP contribution >= 0.6 is 11.3 Å². The van der Waals surface area contributed by atoms with Crippen molar-refractivity contribution in [1.29, 1.82) is 0 Å². The third-order valence-electron chi connectivity index (χ3n) is 4.40. The van der Waals surface area contributed by atoms with Crippen molar-refractivity contribution in [2.75, 3.05) is 32.5 Å². The Hall–Kier alpha value is -2.18. The van der Waals surface area contributed by atoms with Gasteiger partial charge in [0.1, 0.15) is 0 Å². The number of carbonyl (C=O) groups excluding carboxylic acids is 2. The molecule has 2 heterocycles. The zero-order valence-corrected chi connectivity index (χ0v) is 15.4. The number of anilines is 1. The van der Waals surface area contributed by atoms with E-state index in [4.69, 9.17) is 0 Å². The third-order valence-corrected chi connectivity index (χ3v) is 5.38. The predicted octanol–water partition coefficient (Wildman–Crippen LogP) is 3.23. The van der Waals surface area contributed by atoms with Gasteiger partial charge in [0.15, 0.2) is 0 Å². The van der Waals surface area contributed by atoms with Crippen LogP contribution in [0.5, 0.6) is 0 Å². The molecular formula is C19H23N3O2S. The maximum absolute atomic E-state index is 12.4. The van der Waals surface area contributed by atoms with Crippen LogP contribution in [0.15, 0.2) is 41.8 Å². The van der Waals surface area contributed by atoms with E-state index in [1.54, 1.807) is 49.7 Å². The molecule has 0 radical (unpaired) electrons. The molecule has 5 nitrogen and oxygen atoms in total. The van der Waals surface area contributed by atoms with Crippen molar-refractivity contribution >= 4 is 28.8 Å². The van der Waals surface area contributed by atoms with E-state index in [1.807, 2.05) is 0 Å². The largest absolute Gasteiger partial charge is 0.345 e. The zero-order valence-electron chi connectivity index (χ0n) is 14.6. The summed E-state index contributed by atoms with van der Waals surface area (Å²) in [5, 5.41) is 5.01. The molecule has 0 bridgehead atoms. The minimum Gasteiger partial charge on any atom is -0.345 e. The van der Waals surface area contributed by atoms with E-state index in [2.05, 4.69) is 27.7 Å². The lowest BCUT2D eigenvalue weighted by Gasteiger charge is -2.22. The lowest BCUT2D eigenvalue weighted by atomic mass is 10.2. The van der Waals surface area contributed by atoms with Gasteiger partial charge in [0.05, 0.1) is 6.54 Å². The average Bonchev–Trinajstić information content (AvgIpc) is 3.25. The van der Waals surface area contributed by atoms with E-state index < -0.39 is 0 Å². The van der Waals surface area contributed by atoms with Crippen molar-refractivity contribution in [2.45, 2.75) is 18.9 Å². The van der Waals surface area contributed by atoms with Crippen molar-refractivity contribution in [3.63, 3.8) is 0 Å². The first-order valence-electron chi connectivity index (χ1n) is 8.43. The number of rotatable bonds is 5. The number of hydrogen-bond donors (Lipinski definition) is 1. The second kappa shape index (κ2) is 7.80. The van der Waals surface area contributed by atoms with Gasteiger partial charge in [-0.3, -0.25) is 14.5 Å². The molecule has 0 saturated carbocycles. The van der Waals surface area contributed by atoms with Crippen molar-refractivity contribution in [3.05, 3.63) is 52.2 Å². The monoisotopic (exact) mass is 357 g/mol. The summed E-state index contributed by atoms with van der Waals surface area (Å²) in [5.74, 6) is -0.0659. The SMILES string of the molecule is CN(C)C(=O)c1ccc(NC(=O)CN2CCC[C@@H]2c2cccs2)cc1. The van der Waals surface area contributed by atoms with Crippen LogP contribution in [0.4, 0.5) is 5.69 Å². The predicted molar refractivity (Wildman–Crippen MR) is 101 cm³/mol. The fourth-order valence-corrected chi connectivity index (χ4v) is 4.05. The molecule has 25 heavy (non-hydrogen) atoms. The summed E-state index contributed by atoms with van der Waals surface area (Å²) in [4.78, 5) is 29.4. The Labute approximate surface area is 152 Å². The molecule has 1 aromatic carbocycles. The van der Waals surface area contributed by atoms with Crippen molar-refractivity contribution in [1.82, 2.24) is 9.80 Å². The van der Waals surface area contributed by atoms with Crippen LogP contribution in [0.2, 0.25) is 0 Å². The second-order valence-corrected chi connectivity index (χ2v) is 7.45. The molecule has 2 aromatic rings. The summed E-state index contributed by atoms with van der Waals surface area (Å²) in [7, 11) is 3.44. The molecule has 1 aliphatic heterocycles. The van der Waals surface area contributed by atoms with E-state index in [0.29, 0.717) is 23.8 Å². The number of nitrogens with one attached hydrogen (secondary N) is 1. The quantitative estimate of drug-likeness (QED) is 0.894. The molecule has 1 saturated heterocycles. The molecule has 1 N–H and O–H groups in total. The molecule has 0 spiro atoms. The molecule has 1 fully saturated rings. The number of benzene rings is 1. The topological polar surface area (TPSA) is 52.7 Å². The Morgan fingerprint density at radius 3 is 2.64 bits per heavy atom. The van der Waals surface area contributed by atoms with Gasteiger partial charge in [-0.25, -0.2) is 0 Å². The maximum atomic E-state index is 12.4. The molecule has 0 unspecified atom stereocenters. The summed E-state index contributed by atoms with van der Waals surface area (Å²) in [5.41, 5.74) is 1.33. The number of hydrogen-bond acceptors (Lipinski definition) is 4. The van der Waals surface area contributed by atoms with Gasteiger partial charge in [-0.15, -0.1) is 11.3 Å². The Morgan fingerprint density at radius 2 is 2.00 bits per heavy atom. The average molecular weight is 357 g/mol. The van der Waals surface area contributed by atoms with Gasteiger partial charge in [-0.2, -0.15) is 0 Å². The molecule has 1 atom stereocenters. The molecular weight excluding hydrogens is 334 g/mol. The van der Waals surface area contributed by atoms with Crippen molar-refractivity contribution in [3.8, 4) is 0 Å². The van der Waals surface area contributed by atoms with Crippen LogP contribution in [0.25, 0.3) is 0 Å². The van der Waals surface area contributed by atoms with E-state index >= 15 is 0 Å². The fraction of sp³-hybridized carbons (Fsp3) is 0.368. The maximum Gasteiger partial charge on any atom is 0.253 e. The first-order valence-corrected chi connectivity index (χ1v) is 9.31. The van der Waals surface area contributed by atoms with E-state index in [-0.39, 0.29) is 11.8 Å². The highest BCUT2D eigenvalue weighted by Gasteiger charge is 2.28. The summed E-state index contributed by atoms with van der Waals surface area (Å²) >= 11 is 1.75. The Bertz CT molecular complexity index is 726. The van der Waals surface area contributed by atoms with Crippen LogP contribution < -0.4 is 5.32 Å². The minimum absolute atomic E-state index is 0.0184. The standard InChI is InChI=1S/C19H23N3O2S/c1-21(2)19(24)14-7-9-15(10-8-14)20-18(23)13-22-11-3-5-16(22)17-6-4-12-25-17/h4,6-10,12,16H,3,5,11,13H2,1-2H3,(H,20,23)/t16-/m1/s1. The number of nitrogens with zero attached hydrogens (tertiary/aromatic N) is 2. The molecule has 1 aromatic heterocycles. The lowest BCUT2D eigenvalue weighted by Crippen LogP contribution is -2.32. The Kier molecular flexibility index (Phi) is 5.50. The lowest BCUT2D eigenvalue weighted by molar-refractivity contribution is -0.117. The highest BCUT2D eigenvalue weighted by Crippen LogP contribution is 2.34. The molecule has 132 valence electrons. The highest BCUT2D eigenvalue weighted by molar-refractivity contribution is 7.10. The summed E-state index contributed by atoms with van der Waals surface area (Å²) < 4.78 is 0. The number of likely N-dealkylation sites (tertiary alicyclic amines) is 1. The van der Waals surface area contributed by atoms with Gasteiger partial charge in [0.2, 0.25) is 5.91 Å². The van der Waals surface area contributed by atoms with Crippen molar-refractivity contribution in [2.24, 2.45) is 0 Å². The first kappa shape index (κ1) is 17.6. The first-order chi connectivity index (χ1) is 12.0. The van der Waals surface area contributed by atoms with Gasteiger partial charge >= 0.3 is 0 Å². The number of carbonyl (C=O) groups is 2. The van der Waals surface area contributed by atoms with E-state index in [1.165, 1.54) is 9.78 Å².